The van der Waals surface area contributed by atoms with Gasteiger partial charge >= 0.3 is 0 Å². The van der Waals surface area contributed by atoms with Crippen LogP contribution in [0.25, 0.3) is 11.3 Å². The Labute approximate surface area is 278 Å². The van der Waals surface area contributed by atoms with E-state index in [9.17, 15) is 18.0 Å². The molecule has 5 rings (SSSR count). The Bertz CT molecular complexity index is 1730. The molecule has 2 aliphatic heterocycles. The number of rotatable bonds is 5. The molecule has 4 bridgehead atoms. The van der Waals surface area contributed by atoms with Crippen LogP contribution in [0.2, 0.25) is 0 Å². The number of anilines is 1. The van der Waals surface area contributed by atoms with Crippen molar-refractivity contribution >= 4 is 27.8 Å². The molecule has 0 spiro atoms. The van der Waals surface area contributed by atoms with Crippen LogP contribution in [0.4, 0.5) is 5.95 Å². The van der Waals surface area contributed by atoms with Gasteiger partial charge in [0.2, 0.25) is 17.7 Å². The highest BCUT2D eigenvalue weighted by molar-refractivity contribution is 7.92. The van der Waals surface area contributed by atoms with Crippen LogP contribution >= 0.6 is 0 Å². The smallest absolute Gasteiger partial charge is 0.264 e. The summed E-state index contributed by atoms with van der Waals surface area (Å²) in [6, 6.07) is 13.3. The van der Waals surface area contributed by atoms with E-state index in [4.69, 9.17) is 4.74 Å². The van der Waals surface area contributed by atoms with Gasteiger partial charge in [0.15, 0.2) is 0 Å². The first kappa shape index (κ1) is 34.3. The molecule has 0 aliphatic carbocycles. The largest absolute Gasteiger partial charge is 0.475 e. The Morgan fingerprint density at radius 1 is 1.02 bits per heavy atom. The van der Waals surface area contributed by atoms with E-state index in [1.807, 2.05) is 51.0 Å². The first-order valence-electron chi connectivity index (χ1n) is 16.1. The highest BCUT2D eigenvalue weighted by atomic mass is 32.2. The maximum Gasteiger partial charge on any atom is 0.264 e. The van der Waals surface area contributed by atoms with Gasteiger partial charge in [0, 0.05) is 36.3 Å². The third kappa shape index (κ3) is 8.10. The van der Waals surface area contributed by atoms with Gasteiger partial charge in [0.05, 0.1) is 16.6 Å². The number of piperidine rings is 1. The Morgan fingerprint density at radius 3 is 2.32 bits per heavy atom. The molecule has 2 amide bonds. The standard InChI is InChI=1S/C35H46N6O5S/c1-23-10-8-11-24(2)32(23)29-19-30-37-34(36-29)38-47(44,45)28-13-9-12-25(18-28)33(43)41(27(22-46-30)20-35(3,4)5)21-31(42)40-16-14-26(15-17-40)39(6)7/h8-13,18-19,26-27H,14-17,20-22H2,1-7H3,(H,36,37,38)/t27-/m1/s1. The van der Waals surface area contributed by atoms with Gasteiger partial charge in [-0.3, -0.25) is 9.59 Å². The van der Waals surface area contributed by atoms with Crippen LogP contribution in [0, 0.1) is 19.3 Å². The molecular formula is C35H46N6O5S. The maximum atomic E-state index is 14.3. The third-order valence-corrected chi connectivity index (χ3v) is 10.2. The molecule has 1 aromatic heterocycles. The van der Waals surface area contributed by atoms with E-state index >= 15 is 0 Å². The minimum Gasteiger partial charge on any atom is -0.475 e. The van der Waals surface area contributed by atoms with Crippen molar-refractivity contribution in [1.29, 1.82) is 0 Å². The SMILES string of the molecule is Cc1cccc(C)c1-c1cc2nc(n1)NS(=O)(=O)c1cccc(c1)C(=O)N(CC(=O)N1CCC(N(C)C)CC1)[C@H](CC(C)(C)C)CO2. The normalized spacial score (nSPS) is 18.9. The molecule has 252 valence electrons. The molecule has 3 heterocycles. The average Bonchev–Trinajstić information content (AvgIpc) is 3.00. The summed E-state index contributed by atoms with van der Waals surface area (Å²) >= 11 is 0. The van der Waals surface area contributed by atoms with Crippen molar-refractivity contribution in [1.82, 2.24) is 24.7 Å². The number of amides is 2. The second-order valence-electron chi connectivity index (χ2n) is 14.1. The first-order valence-corrected chi connectivity index (χ1v) is 17.6. The van der Waals surface area contributed by atoms with Crippen molar-refractivity contribution in [2.75, 3.05) is 45.1 Å². The Kier molecular flexibility index (Phi) is 9.93. The fourth-order valence-electron chi connectivity index (χ4n) is 6.42. The number of aromatic nitrogens is 2. The van der Waals surface area contributed by atoms with E-state index in [0.29, 0.717) is 31.2 Å². The fourth-order valence-corrected chi connectivity index (χ4v) is 7.41. The number of nitrogens with one attached hydrogen (secondary N) is 1. The minimum atomic E-state index is -4.19. The zero-order valence-electron chi connectivity index (χ0n) is 28.4. The molecular weight excluding hydrogens is 616 g/mol. The summed E-state index contributed by atoms with van der Waals surface area (Å²) in [6.45, 7) is 11.2. The van der Waals surface area contributed by atoms with E-state index in [0.717, 1.165) is 29.5 Å². The van der Waals surface area contributed by atoms with Gasteiger partial charge in [-0.2, -0.15) is 4.98 Å². The summed E-state index contributed by atoms with van der Waals surface area (Å²) in [5, 5.41) is 0. The van der Waals surface area contributed by atoms with Gasteiger partial charge in [0.1, 0.15) is 13.2 Å². The second-order valence-corrected chi connectivity index (χ2v) is 15.7. The maximum absolute atomic E-state index is 14.3. The number of likely N-dealkylation sites (tertiary alicyclic amines) is 1. The lowest BCUT2D eigenvalue weighted by Crippen LogP contribution is -2.52. The number of ether oxygens (including phenoxy) is 1. The van der Waals surface area contributed by atoms with E-state index in [1.165, 1.54) is 18.2 Å². The lowest BCUT2D eigenvalue weighted by molar-refractivity contribution is -0.134. The monoisotopic (exact) mass is 662 g/mol. The molecule has 47 heavy (non-hydrogen) atoms. The van der Waals surface area contributed by atoms with Crippen molar-refractivity contribution in [3.8, 4) is 17.1 Å². The van der Waals surface area contributed by atoms with Gasteiger partial charge in [0.25, 0.3) is 15.9 Å². The zero-order chi connectivity index (χ0) is 34.1. The molecule has 1 saturated heterocycles. The second kappa shape index (κ2) is 13.6. The Hall–Kier alpha value is -4.03. The van der Waals surface area contributed by atoms with Crippen LogP contribution < -0.4 is 9.46 Å². The lowest BCUT2D eigenvalue weighted by atomic mass is 9.87. The number of hydrogen-bond donors (Lipinski definition) is 1. The average molecular weight is 663 g/mol. The summed E-state index contributed by atoms with van der Waals surface area (Å²) in [5.74, 6) is -0.572. The van der Waals surface area contributed by atoms with Crippen LogP contribution in [-0.4, -0.2) is 97.3 Å². The number of nitrogens with zero attached hydrogens (tertiary/aromatic N) is 5. The van der Waals surface area contributed by atoms with Crippen LogP contribution in [0.1, 0.15) is 61.5 Å². The molecule has 1 N–H and O–H groups in total. The third-order valence-electron chi connectivity index (χ3n) is 8.88. The van der Waals surface area contributed by atoms with Crippen molar-refractivity contribution in [2.45, 2.75) is 70.9 Å². The Morgan fingerprint density at radius 2 is 1.68 bits per heavy atom. The van der Waals surface area contributed by atoms with Crippen molar-refractivity contribution in [2.24, 2.45) is 5.41 Å². The minimum absolute atomic E-state index is 0.0358. The van der Waals surface area contributed by atoms with E-state index in [-0.39, 0.29) is 46.8 Å². The predicted octanol–water partition coefficient (Wildman–Crippen LogP) is 4.75. The van der Waals surface area contributed by atoms with Crippen LogP contribution in [-0.2, 0) is 14.8 Å². The molecule has 12 heteroatoms. The zero-order valence-corrected chi connectivity index (χ0v) is 29.2. The van der Waals surface area contributed by atoms with E-state index in [1.54, 1.807) is 17.0 Å². The highest BCUT2D eigenvalue weighted by Crippen LogP contribution is 2.31. The molecule has 0 radical (unpaired) electrons. The van der Waals surface area contributed by atoms with Crippen LogP contribution in [0.3, 0.4) is 0 Å². The molecule has 11 nitrogen and oxygen atoms in total. The van der Waals surface area contributed by atoms with Gasteiger partial charge in [-0.15, -0.1) is 0 Å². The van der Waals surface area contributed by atoms with Crippen molar-refractivity contribution in [3.05, 3.63) is 65.2 Å². The quantitative estimate of drug-likeness (QED) is 0.415. The number of benzene rings is 2. The van der Waals surface area contributed by atoms with Crippen LogP contribution in [0.15, 0.2) is 53.4 Å². The Balaban J connectivity index is 1.59. The van der Waals surface area contributed by atoms with Crippen LogP contribution in [0.5, 0.6) is 5.88 Å². The molecule has 2 aliphatic rings. The number of sulfonamides is 1. The molecule has 0 saturated carbocycles. The van der Waals surface area contributed by atoms with Crippen molar-refractivity contribution in [3.63, 3.8) is 0 Å². The topological polar surface area (TPSA) is 125 Å². The molecule has 2 aromatic carbocycles. The molecule has 1 atom stereocenters. The van der Waals surface area contributed by atoms with Gasteiger partial charge in [-0.25, -0.2) is 18.1 Å². The number of carbonyl (C=O) groups is 2. The number of carbonyl (C=O) groups excluding carboxylic acids is 2. The summed E-state index contributed by atoms with van der Waals surface area (Å²) < 4.78 is 36.1. The molecule has 0 unspecified atom stereocenters. The van der Waals surface area contributed by atoms with Crippen molar-refractivity contribution < 1.29 is 22.7 Å². The molecule has 1 fully saturated rings. The predicted molar refractivity (Wildman–Crippen MR) is 182 cm³/mol. The number of aryl methyl sites for hydroxylation is 2. The molecule has 3 aromatic rings. The number of fused-ring (bicyclic) bond motifs is 4. The summed E-state index contributed by atoms with van der Waals surface area (Å²) in [4.78, 5) is 42.6. The van der Waals surface area contributed by atoms with Gasteiger partial charge < -0.3 is 19.4 Å². The van der Waals surface area contributed by atoms with Gasteiger partial charge in [-0.05, 0) is 81.9 Å². The summed E-state index contributed by atoms with van der Waals surface area (Å²) in [6.07, 6.45) is 2.23. The lowest BCUT2D eigenvalue weighted by Gasteiger charge is -2.39. The van der Waals surface area contributed by atoms with E-state index < -0.39 is 22.0 Å². The van der Waals surface area contributed by atoms with Gasteiger partial charge in [-0.1, -0.05) is 45.0 Å². The fraction of sp³-hybridized carbons (Fsp3) is 0.486. The summed E-state index contributed by atoms with van der Waals surface area (Å²) in [5.41, 5.74) is 3.20. The number of hydrogen-bond acceptors (Lipinski definition) is 8. The van der Waals surface area contributed by atoms with E-state index in [2.05, 4.69) is 40.4 Å². The highest BCUT2D eigenvalue weighted by Gasteiger charge is 2.34. The first-order chi connectivity index (χ1) is 22.1. The summed E-state index contributed by atoms with van der Waals surface area (Å²) in [7, 11) is -0.0983.